The van der Waals surface area contributed by atoms with Gasteiger partial charge in [0, 0.05) is 11.4 Å². The van der Waals surface area contributed by atoms with Crippen molar-refractivity contribution in [2.24, 2.45) is 5.41 Å². The summed E-state index contributed by atoms with van der Waals surface area (Å²) in [6.07, 6.45) is 1.60. The second-order valence-electron chi connectivity index (χ2n) is 2.35. The minimum absolute atomic E-state index is 0. The number of rotatable bonds is 1. The molecule has 0 N–H and O–H groups in total. The van der Waals surface area contributed by atoms with Gasteiger partial charge >= 0.3 is 29.6 Å². The van der Waals surface area contributed by atoms with Gasteiger partial charge in [-0.3, -0.25) is 0 Å². The van der Waals surface area contributed by atoms with E-state index < -0.39 is 11.4 Å². The van der Waals surface area contributed by atoms with E-state index in [0.29, 0.717) is 0 Å². The first-order valence-corrected chi connectivity index (χ1v) is 2.37. The van der Waals surface area contributed by atoms with Crippen LogP contribution in [-0.4, -0.2) is 5.97 Å². The summed E-state index contributed by atoms with van der Waals surface area (Å²) in [7, 11) is 0. The molecule has 1 fully saturated rings. The van der Waals surface area contributed by atoms with E-state index in [9.17, 15) is 9.90 Å². The predicted octanol–water partition coefficient (Wildman–Crippen LogP) is -3.46. The molecular weight excluding hydrogens is 115 g/mol. The van der Waals surface area contributed by atoms with Crippen LogP contribution in [0.4, 0.5) is 0 Å². The number of carbonyl (C=O) groups is 1. The molecule has 0 aromatic carbocycles. The molecule has 1 aliphatic rings. The number of hydrogen-bond acceptors (Lipinski definition) is 2. The third-order valence-corrected chi connectivity index (χ3v) is 1.49. The molecule has 0 amide bonds. The van der Waals surface area contributed by atoms with Gasteiger partial charge in [-0.05, 0) is 12.8 Å². The first kappa shape index (κ1) is 8.47. The zero-order valence-electron chi connectivity index (χ0n) is 5.23. The molecule has 0 spiro atoms. The van der Waals surface area contributed by atoms with Crippen molar-refractivity contribution in [2.75, 3.05) is 0 Å². The average molecular weight is 122 g/mol. The monoisotopic (exact) mass is 122 g/mol. The van der Waals surface area contributed by atoms with Gasteiger partial charge < -0.3 is 9.90 Å². The minimum atomic E-state index is -0.896. The van der Waals surface area contributed by atoms with Crippen LogP contribution in [0.1, 0.15) is 19.8 Å². The normalized spacial score (nSPS) is 21.1. The molecular formula is C5H7NaO2. The molecule has 0 aromatic rings. The Morgan fingerprint density at radius 1 is 1.62 bits per heavy atom. The minimum Gasteiger partial charge on any atom is -0.550 e. The fraction of sp³-hybridized carbons (Fsp3) is 0.800. The van der Waals surface area contributed by atoms with Crippen LogP contribution in [-0.2, 0) is 4.79 Å². The molecule has 0 atom stereocenters. The summed E-state index contributed by atoms with van der Waals surface area (Å²) in [5.41, 5.74) is -0.444. The fourth-order valence-electron chi connectivity index (χ4n) is 0.392. The third-order valence-electron chi connectivity index (χ3n) is 1.49. The van der Waals surface area contributed by atoms with Crippen molar-refractivity contribution in [3.63, 3.8) is 0 Å². The van der Waals surface area contributed by atoms with Gasteiger partial charge in [-0.15, -0.1) is 0 Å². The summed E-state index contributed by atoms with van der Waals surface area (Å²) in [5.74, 6) is -0.896. The van der Waals surface area contributed by atoms with Crippen molar-refractivity contribution in [3.8, 4) is 0 Å². The van der Waals surface area contributed by atoms with Crippen molar-refractivity contribution >= 4 is 5.97 Å². The summed E-state index contributed by atoms with van der Waals surface area (Å²) in [4.78, 5) is 9.97. The molecule has 3 heteroatoms. The van der Waals surface area contributed by atoms with Crippen LogP contribution in [0, 0.1) is 5.41 Å². The molecule has 40 valence electrons. The number of carboxylic acids is 1. The summed E-state index contributed by atoms with van der Waals surface area (Å²) in [5, 5.41) is 9.97. The SMILES string of the molecule is CC1(C(=O)[O-])CC1.[Na+]. The van der Waals surface area contributed by atoms with Gasteiger partial charge in [0.2, 0.25) is 0 Å². The fourth-order valence-corrected chi connectivity index (χ4v) is 0.392. The first-order chi connectivity index (χ1) is 3.15. The van der Waals surface area contributed by atoms with Gasteiger partial charge in [-0.25, -0.2) is 0 Å². The van der Waals surface area contributed by atoms with Crippen LogP contribution in [0.3, 0.4) is 0 Å². The van der Waals surface area contributed by atoms with Crippen molar-refractivity contribution in [1.82, 2.24) is 0 Å². The van der Waals surface area contributed by atoms with Gasteiger partial charge in [0.1, 0.15) is 0 Å². The summed E-state index contributed by atoms with van der Waals surface area (Å²) < 4.78 is 0. The Kier molecular flexibility index (Phi) is 2.52. The molecule has 0 unspecified atom stereocenters. The van der Waals surface area contributed by atoms with E-state index in [1.54, 1.807) is 6.92 Å². The zero-order valence-corrected chi connectivity index (χ0v) is 7.23. The summed E-state index contributed by atoms with van der Waals surface area (Å²) >= 11 is 0. The Hall–Kier alpha value is 0.470. The maximum atomic E-state index is 9.97. The third kappa shape index (κ3) is 1.47. The van der Waals surface area contributed by atoms with E-state index in [4.69, 9.17) is 0 Å². The topological polar surface area (TPSA) is 40.1 Å². The van der Waals surface area contributed by atoms with Crippen molar-refractivity contribution in [2.45, 2.75) is 19.8 Å². The molecule has 2 nitrogen and oxygen atoms in total. The van der Waals surface area contributed by atoms with E-state index in [0.717, 1.165) is 12.8 Å². The molecule has 0 radical (unpaired) electrons. The van der Waals surface area contributed by atoms with Crippen LogP contribution in [0.2, 0.25) is 0 Å². The van der Waals surface area contributed by atoms with Gasteiger partial charge in [0.05, 0.1) is 0 Å². The molecule has 0 saturated heterocycles. The largest absolute Gasteiger partial charge is 1.00 e. The summed E-state index contributed by atoms with van der Waals surface area (Å²) in [6.45, 7) is 1.71. The Labute approximate surface area is 70.6 Å². The number of carbonyl (C=O) groups excluding carboxylic acids is 1. The smallest absolute Gasteiger partial charge is 0.550 e. The van der Waals surface area contributed by atoms with Crippen LogP contribution in [0.25, 0.3) is 0 Å². The van der Waals surface area contributed by atoms with E-state index in [1.807, 2.05) is 0 Å². The number of aliphatic carboxylic acids is 1. The molecule has 8 heavy (non-hydrogen) atoms. The molecule has 1 aliphatic carbocycles. The first-order valence-electron chi connectivity index (χ1n) is 2.37. The molecule has 0 bridgehead atoms. The van der Waals surface area contributed by atoms with E-state index >= 15 is 0 Å². The van der Waals surface area contributed by atoms with E-state index in [2.05, 4.69) is 0 Å². The maximum absolute atomic E-state index is 9.97. The van der Waals surface area contributed by atoms with Gasteiger partial charge in [0.25, 0.3) is 0 Å². The summed E-state index contributed by atoms with van der Waals surface area (Å²) in [6, 6.07) is 0. The van der Waals surface area contributed by atoms with E-state index in [-0.39, 0.29) is 29.6 Å². The Morgan fingerprint density at radius 2 is 2.00 bits per heavy atom. The Balaban J connectivity index is 0.000000490. The number of carboxylic acid groups (broad SMARTS) is 1. The quantitative estimate of drug-likeness (QED) is 0.339. The Morgan fingerprint density at radius 3 is 2.00 bits per heavy atom. The van der Waals surface area contributed by atoms with Crippen molar-refractivity contribution in [3.05, 3.63) is 0 Å². The van der Waals surface area contributed by atoms with Gasteiger partial charge in [-0.2, -0.15) is 0 Å². The molecule has 1 saturated carbocycles. The van der Waals surface area contributed by atoms with Crippen molar-refractivity contribution in [1.29, 1.82) is 0 Å². The second kappa shape index (κ2) is 2.38. The molecule has 1 rings (SSSR count). The van der Waals surface area contributed by atoms with Crippen LogP contribution in [0.5, 0.6) is 0 Å². The molecule has 0 aromatic heterocycles. The standard InChI is InChI=1S/C5H8O2.Na/c1-5(2-3-5)4(6)7;/h2-3H2,1H3,(H,6,7);/q;+1/p-1. The average Bonchev–Trinajstić information content (AvgIpc) is 2.21. The predicted molar refractivity (Wildman–Crippen MR) is 22.3 cm³/mol. The number of hydrogen-bond donors (Lipinski definition) is 0. The van der Waals surface area contributed by atoms with E-state index in [1.165, 1.54) is 0 Å². The molecule has 0 aliphatic heterocycles. The zero-order chi connectivity index (χ0) is 5.49. The van der Waals surface area contributed by atoms with Crippen molar-refractivity contribution < 1.29 is 39.5 Å². The van der Waals surface area contributed by atoms with Crippen LogP contribution < -0.4 is 34.7 Å². The van der Waals surface area contributed by atoms with Gasteiger partial charge in [-0.1, -0.05) is 6.92 Å². The maximum Gasteiger partial charge on any atom is 1.00 e. The van der Waals surface area contributed by atoms with Crippen LogP contribution >= 0.6 is 0 Å². The Bertz CT molecular complexity index is 107. The molecule has 0 heterocycles. The second-order valence-corrected chi connectivity index (χ2v) is 2.35. The van der Waals surface area contributed by atoms with Crippen LogP contribution in [0.15, 0.2) is 0 Å². The van der Waals surface area contributed by atoms with Gasteiger partial charge in [0.15, 0.2) is 0 Å².